The van der Waals surface area contributed by atoms with Crippen LogP contribution in [0, 0.1) is 0 Å². The second-order valence-electron chi connectivity index (χ2n) is 4.56. The van der Waals surface area contributed by atoms with Gasteiger partial charge in [-0.2, -0.15) is 0 Å². The number of hydrogen-bond acceptors (Lipinski definition) is 4. The van der Waals surface area contributed by atoms with Gasteiger partial charge in [0.05, 0.1) is 13.2 Å². The molecule has 0 saturated heterocycles. The van der Waals surface area contributed by atoms with Crippen molar-refractivity contribution in [2.75, 3.05) is 18.9 Å². The molecule has 0 spiro atoms. The molecule has 0 atom stereocenters. The van der Waals surface area contributed by atoms with Gasteiger partial charge in [-0.15, -0.1) is 0 Å². The van der Waals surface area contributed by atoms with Crippen molar-refractivity contribution < 1.29 is 9.47 Å². The lowest BCUT2D eigenvalue weighted by molar-refractivity contribution is 0.297. The highest BCUT2D eigenvalue weighted by Crippen LogP contribution is 2.31. The van der Waals surface area contributed by atoms with E-state index in [1.165, 1.54) is 0 Å². The maximum Gasteiger partial charge on any atom is 0.161 e. The van der Waals surface area contributed by atoms with Gasteiger partial charge in [-0.1, -0.05) is 12.1 Å². The topological polar surface area (TPSA) is 57.4 Å². The molecule has 2 heterocycles. The molecule has 1 aromatic carbocycles. The number of ether oxygens (including phenoxy) is 2. The van der Waals surface area contributed by atoms with Crippen LogP contribution in [0.25, 0.3) is 0 Å². The number of nitrogens with zero attached hydrogens (tertiary/aromatic N) is 1. The SMILES string of the molecule is Nc1ncccc1Cc1ccc2c(c1)OCCCO2. The van der Waals surface area contributed by atoms with Crippen LogP contribution < -0.4 is 15.2 Å². The molecular weight excluding hydrogens is 240 g/mol. The van der Waals surface area contributed by atoms with Gasteiger partial charge in [0.25, 0.3) is 0 Å². The van der Waals surface area contributed by atoms with Crippen molar-refractivity contribution in [2.45, 2.75) is 12.8 Å². The summed E-state index contributed by atoms with van der Waals surface area (Å²) in [7, 11) is 0. The minimum Gasteiger partial charge on any atom is -0.490 e. The molecule has 0 aliphatic carbocycles. The summed E-state index contributed by atoms with van der Waals surface area (Å²) in [6.07, 6.45) is 3.36. The second kappa shape index (κ2) is 5.18. The van der Waals surface area contributed by atoms with E-state index in [-0.39, 0.29) is 0 Å². The minimum atomic E-state index is 0.578. The van der Waals surface area contributed by atoms with Crippen LogP contribution >= 0.6 is 0 Å². The van der Waals surface area contributed by atoms with Crippen LogP contribution in [-0.4, -0.2) is 18.2 Å². The zero-order chi connectivity index (χ0) is 13.1. The van der Waals surface area contributed by atoms with Gasteiger partial charge in [-0.05, 0) is 29.3 Å². The lowest BCUT2D eigenvalue weighted by Gasteiger charge is -2.10. The Morgan fingerprint density at radius 2 is 1.95 bits per heavy atom. The van der Waals surface area contributed by atoms with Crippen LogP contribution in [0.15, 0.2) is 36.5 Å². The summed E-state index contributed by atoms with van der Waals surface area (Å²) in [5, 5.41) is 0. The van der Waals surface area contributed by atoms with Gasteiger partial charge in [0.2, 0.25) is 0 Å². The van der Waals surface area contributed by atoms with Crippen molar-refractivity contribution >= 4 is 5.82 Å². The van der Waals surface area contributed by atoms with E-state index in [0.717, 1.165) is 35.5 Å². The van der Waals surface area contributed by atoms with Gasteiger partial charge in [-0.25, -0.2) is 4.98 Å². The van der Waals surface area contributed by atoms with Crippen LogP contribution in [0.5, 0.6) is 11.5 Å². The van der Waals surface area contributed by atoms with E-state index in [9.17, 15) is 0 Å². The minimum absolute atomic E-state index is 0.578. The highest BCUT2D eigenvalue weighted by atomic mass is 16.5. The summed E-state index contributed by atoms with van der Waals surface area (Å²) in [5.41, 5.74) is 8.03. The molecule has 3 rings (SSSR count). The Kier molecular flexibility index (Phi) is 3.23. The van der Waals surface area contributed by atoms with E-state index >= 15 is 0 Å². The lowest BCUT2D eigenvalue weighted by atomic mass is 10.1. The fourth-order valence-electron chi connectivity index (χ4n) is 2.14. The summed E-state index contributed by atoms with van der Waals surface area (Å²) in [6.45, 7) is 1.41. The standard InChI is InChI=1S/C15H16N2O2/c16-15-12(3-1-6-17-15)9-11-4-5-13-14(10-11)19-8-2-7-18-13/h1,3-6,10H,2,7-9H2,(H2,16,17). The van der Waals surface area contributed by atoms with E-state index < -0.39 is 0 Å². The smallest absolute Gasteiger partial charge is 0.161 e. The first-order valence-electron chi connectivity index (χ1n) is 6.41. The molecule has 1 aromatic heterocycles. The number of aromatic nitrogens is 1. The summed E-state index contributed by atoms with van der Waals surface area (Å²) in [6, 6.07) is 9.91. The molecule has 2 aromatic rings. The summed E-state index contributed by atoms with van der Waals surface area (Å²) >= 11 is 0. The van der Waals surface area contributed by atoms with E-state index in [1.807, 2.05) is 30.3 Å². The number of nitrogen functional groups attached to an aromatic ring is 1. The van der Waals surface area contributed by atoms with Gasteiger partial charge in [-0.3, -0.25) is 0 Å². The maximum absolute atomic E-state index is 5.86. The maximum atomic E-state index is 5.86. The summed E-state index contributed by atoms with van der Waals surface area (Å²) in [4.78, 5) is 4.10. The molecule has 0 unspecified atom stereocenters. The van der Waals surface area contributed by atoms with Gasteiger partial charge >= 0.3 is 0 Å². The molecule has 19 heavy (non-hydrogen) atoms. The molecule has 98 valence electrons. The van der Waals surface area contributed by atoms with Gasteiger partial charge < -0.3 is 15.2 Å². The zero-order valence-corrected chi connectivity index (χ0v) is 10.6. The van der Waals surface area contributed by atoms with Gasteiger partial charge in [0, 0.05) is 19.0 Å². The van der Waals surface area contributed by atoms with Crippen molar-refractivity contribution in [3.05, 3.63) is 47.7 Å². The third-order valence-corrected chi connectivity index (χ3v) is 3.13. The highest BCUT2D eigenvalue weighted by Gasteiger charge is 2.11. The van der Waals surface area contributed by atoms with E-state index in [0.29, 0.717) is 19.0 Å². The fraction of sp³-hybridized carbons (Fsp3) is 0.267. The van der Waals surface area contributed by atoms with Crippen molar-refractivity contribution in [2.24, 2.45) is 0 Å². The van der Waals surface area contributed by atoms with Crippen LogP contribution in [0.1, 0.15) is 17.5 Å². The first-order valence-corrected chi connectivity index (χ1v) is 6.41. The van der Waals surface area contributed by atoms with Crippen LogP contribution in [-0.2, 0) is 6.42 Å². The first-order chi connectivity index (χ1) is 9.33. The quantitative estimate of drug-likeness (QED) is 0.896. The molecule has 4 heteroatoms. The van der Waals surface area contributed by atoms with Crippen LogP contribution in [0.4, 0.5) is 5.82 Å². The third kappa shape index (κ3) is 2.62. The normalized spacial score (nSPS) is 13.9. The number of nitrogens with two attached hydrogens (primary N) is 1. The largest absolute Gasteiger partial charge is 0.490 e. The monoisotopic (exact) mass is 256 g/mol. The Hall–Kier alpha value is -2.23. The highest BCUT2D eigenvalue weighted by molar-refractivity contribution is 5.47. The average molecular weight is 256 g/mol. The predicted octanol–water partition coefficient (Wildman–Crippen LogP) is 2.42. The summed E-state index contributed by atoms with van der Waals surface area (Å²) < 4.78 is 11.3. The number of pyridine rings is 1. The molecule has 0 fully saturated rings. The Bertz CT molecular complexity index is 584. The van der Waals surface area contributed by atoms with E-state index in [2.05, 4.69) is 4.98 Å². The Balaban J connectivity index is 1.86. The van der Waals surface area contributed by atoms with E-state index in [4.69, 9.17) is 15.2 Å². The number of anilines is 1. The second-order valence-corrected chi connectivity index (χ2v) is 4.56. The van der Waals surface area contributed by atoms with E-state index in [1.54, 1.807) is 6.20 Å². The molecule has 0 amide bonds. The molecular formula is C15H16N2O2. The zero-order valence-electron chi connectivity index (χ0n) is 10.6. The Morgan fingerprint density at radius 3 is 2.79 bits per heavy atom. The van der Waals surface area contributed by atoms with Gasteiger partial charge in [0.15, 0.2) is 11.5 Å². The molecule has 4 nitrogen and oxygen atoms in total. The molecule has 2 N–H and O–H groups in total. The Labute approximate surface area is 112 Å². The van der Waals surface area contributed by atoms with Crippen LogP contribution in [0.3, 0.4) is 0 Å². The van der Waals surface area contributed by atoms with Gasteiger partial charge in [0.1, 0.15) is 5.82 Å². The molecule has 0 bridgehead atoms. The van der Waals surface area contributed by atoms with Crippen molar-refractivity contribution in [3.63, 3.8) is 0 Å². The number of rotatable bonds is 2. The Morgan fingerprint density at radius 1 is 1.11 bits per heavy atom. The predicted molar refractivity (Wildman–Crippen MR) is 73.5 cm³/mol. The third-order valence-electron chi connectivity index (χ3n) is 3.13. The van der Waals surface area contributed by atoms with Crippen LogP contribution in [0.2, 0.25) is 0 Å². The first kappa shape index (κ1) is 11.8. The lowest BCUT2D eigenvalue weighted by Crippen LogP contribution is -1.99. The molecule has 1 aliphatic heterocycles. The molecule has 0 radical (unpaired) electrons. The molecule has 1 aliphatic rings. The average Bonchev–Trinajstić information content (AvgIpc) is 2.66. The van der Waals surface area contributed by atoms with Crippen molar-refractivity contribution in [1.82, 2.24) is 4.98 Å². The number of fused-ring (bicyclic) bond motifs is 1. The van der Waals surface area contributed by atoms with Crippen molar-refractivity contribution in [1.29, 1.82) is 0 Å². The number of benzene rings is 1. The molecule has 0 saturated carbocycles. The summed E-state index contributed by atoms with van der Waals surface area (Å²) in [5.74, 6) is 2.22. The number of hydrogen-bond donors (Lipinski definition) is 1. The van der Waals surface area contributed by atoms with Crippen molar-refractivity contribution in [3.8, 4) is 11.5 Å². The fourth-order valence-corrected chi connectivity index (χ4v) is 2.14.